The number of anilines is 3. The Balaban J connectivity index is 1.45. The first-order valence-electron chi connectivity index (χ1n) is 10.6. The molecule has 2 aliphatic heterocycles. The number of rotatable bonds is 3. The third kappa shape index (κ3) is 4.45. The van der Waals surface area contributed by atoms with Gasteiger partial charge in [0.1, 0.15) is 12.2 Å². The Bertz CT molecular complexity index is 991. The number of piperidine rings is 1. The predicted octanol–water partition coefficient (Wildman–Crippen LogP) is 4.35. The quantitative estimate of drug-likeness (QED) is 0.584. The minimum absolute atomic E-state index is 0.0764. The highest BCUT2D eigenvalue weighted by Crippen LogP contribution is 2.34. The van der Waals surface area contributed by atoms with Gasteiger partial charge in [-0.3, -0.25) is 4.90 Å². The summed E-state index contributed by atoms with van der Waals surface area (Å²) in [6.07, 6.45) is 1.33. The van der Waals surface area contributed by atoms with Gasteiger partial charge in [-0.25, -0.2) is 9.59 Å². The molecule has 0 aliphatic carbocycles. The first kappa shape index (κ1) is 21.0. The van der Waals surface area contributed by atoms with E-state index < -0.39 is 5.60 Å². The van der Waals surface area contributed by atoms with Gasteiger partial charge in [0.25, 0.3) is 0 Å². The number of hydrogen-bond acceptors (Lipinski definition) is 6. The molecule has 0 radical (unpaired) electrons. The van der Waals surface area contributed by atoms with Crippen LogP contribution in [0.4, 0.5) is 21.9 Å². The second-order valence-corrected chi connectivity index (χ2v) is 9.05. The molecule has 0 bridgehead atoms. The number of nitrogens with two attached hydrogens (primary N) is 1. The summed E-state index contributed by atoms with van der Waals surface area (Å²) < 4.78 is 10.8. The number of amides is 1. The fourth-order valence-corrected chi connectivity index (χ4v) is 4.19. The van der Waals surface area contributed by atoms with Crippen LogP contribution in [0.1, 0.15) is 49.5 Å². The number of cyclic esters (lactones) is 1. The van der Waals surface area contributed by atoms with E-state index in [4.69, 9.17) is 15.2 Å². The smallest absolute Gasteiger partial charge is 0.414 e. The van der Waals surface area contributed by atoms with Gasteiger partial charge >= 0.3 is 12.1 Å². The summed E-state index contributed by atoms with van der Waals surface area (Å²) in [6, 6.07) is 13.3. The lowest BCUT2D eigenvalue weighted by atomic mass is 10.00. The van der Waals surface area contributed by atoms with E-state index in [1.807, 2.05) is 51.1 Å². The zero-order valence-corrected chi connectivity index (χ0v) is 18.3. The molecule has 0 atom stereocenters. The molecule has 2 aliphatic rings. The number of ether oxygens (including phenoxy) is 2. The minimum atomic E-state index is -0.555. The zero-order valence-electron chi connectivity index (χ0n) is 18.3. The molecule has 2 aromatic rings. The van der Waals surface area contributed by atoms with Gasteiger partial charge < -0.3 is 20.1 Å². The molecular formula is C24H29N3O4. The number of para-hydroxylation sites is 1. The van der Waals surface area contributed by atoms with Crippen molar-refractivity contribution in [3.63, 3.8) is 0 Å². The molecule has 7 heteroatoms. The lowest BCUT2D eigenvalue weighted by Crippen LogP contribution is -2.49. The van der Waals surface area contributed by atoms with Crippen molar-refractivity contribution in [2.75, 3.05) is 28.6 Å². The van der Waals surface area contributed by atoms with Crippen LogP contribution in [0, 0.1) is 0 Å². The normalized spacial score (nSPS) is 17.2. The second-order valence-electron chi connectivity index (χ2n) is 9.05. The molecule has 31 heavy (non-hydrogen) atoms. The lowest BCUT2D eigenvalue weighted by molar-refractivity contribution is 0.00695. The summed E-state index contributed by atoms with van der Waals surface area (Å²) in [5.41, 5.74) is 9.59. The van der Waals surface area contributed by atoms with Crippen molar-refractivity contribution >= 4 is 29.1 Å². The maximum Gasteiger partial charge on any atom is 0.414 e. The van der Waals surface area contributed by atoms with E-state index >= 15 is 0 Å². The van der Waals surface area contributed by atoms with E-state index in [0.29, 0.717) is 17.9 Å². The van der Waals surface area contributed by atoms with Crippen molar-refractivity contribution in [2.45, 2.75) is 51.9 Å². The lowest BCUT2D eigenvalue weighted by Gasteiger charge is -2.41. The fraction of sp³-hybridized carbons (Fsp3) is 0.417. The predicted molar refractivity (Wildman–Crippen MR) is 120 cm³/mol. The average Bonchev–Trinajstić information content (AvgIpc) is 2.73. The van der Waals surface area contributed by atoms with Crippen LogP contribution in [0.2, 0.25) is 0 Å². The molecule has 7 nitrogen and oxygen atoms in total. The van der Waals surface area contributed by atoms with Gasteiger partial charge in [-0.05, 0) is 57.9 Å². The molecule has 2 heterocycles. The number of carbonyl (C=O) groups is 2. The molecule has 1 saturated heterocycles. The summed E-state index contributed by atoms with van der Waals surface area (Å²) in [5.74, 6) is -0.383. The summed E-state index contributed by atoms with van der Waals surface area (Å²) >= 11 is 0. The molecule has 2 N–H and O–H groups in total. The number of nitrogen functional groups attached to an aromatic ring is 1. The van der Waals surface area contributed by atoms with Crippen molar-refractivity contribution in [1.29, 1.82) is 0 Å². The van der Waals surface area contributed by atoms with E-state index in [-0.39, 0.29) is 18.1 Å². The molecule has 2 aromatic carbocycles. The Kier molecular flexibility index (Phi) is 5.52. The highest BCUT2D eigenvalue weighted by Gasteiger charge is 2.34. The monoisotopic (exact) mass is 423 g/mol. The highest BCUT2D eigenvalue weighted by molar-refractivity contribution is 5.92. The number of fused-ring (bicyclic) bond motifs is 1. The Morgan fingerprint density at radius 3 is 2.48 bits per heavy atom. The number of carbonyl (C=O) groups excluding carboxylic acids is 2. The average molecular weight is 424 g/mol. The topological polar surface area (TPSA) is 85.1 Å². The van der Waals surface area contributed by atoms with E-state index in [1.165, 1.54) is 0 Å². The summed E-state index contributed by atoms with van der Waals surface area (Å²) in [6.45, 7) is 7.35. The van der Waals surface area contributed by atoms with Gasteiger partial charge in [0.05, 0.1) is 22.6 Å². The number of hydrogen-bond donors (Lipinski definition) is 1. The van der Waals surface area contributed by atoms with Crippen molar-refractivity contribution in [3.05, 3.63) is 53.6 Å². The van der Waals surface area contributed by atoms with Gasteiger partial charge in [-0.2, -0.15) is 0 Å². The van der Waals surface area contributed by atoms with Crippen LogP contribution in [-0.2, 0) is 16.1 Å². The first-order valence-corrected chi connectivity index (χ1v) is 10.6. The van der Waals surface area contributed by atoms with Crippen molar-refractivity contribution in [3.8, 4) is 0 Å². The minimum Gasteiger partial charge on any atom is -0.456 e. The Hall–Kier alpha value is -3.22. The van der Waals surface area contributed by atoms with Crippen molar-refractivity contribution in [1.82, 2.24) is 0 Å². The van der Waals surface area contributed by atoms with Crippen LogP contribution in [0.25, 0.3) is 0 Å². The third-order valence-corrected chi connectivity index (χ3v) is 5.63. The summed E-state index contributed by atoms with van der Waals surface area (Å²) in [4.78, 5) is 28.8. The van der Waals surface area contributed by atoms with E-state index in [0.717, 1.165) is 42.9 Å². The van der Waals surface area contributed by atoms with Crippen LogP contribution in [-0.4, -0.2) is 36.8 Å². The summed E-state index contributed by atoms with van der Waals surface area (Å²) in [7, 11) is 0. The maximum atomic E-state index is 12.5. The van der Waals surface area contributed by atoms with Gasteiger partial charge in [-0.1, -0.05) is 18.2 Å². The molecule has 0 aromatic heterocycles. The molecule has 0 spiro atoms. The summed E-state index contributed by atoms with van der Waals surface area (Å²) in [5, 5.41) is 0. The number of esters is 1. The molecule has 4 rings (SSSR count). The highest BCUT2D eigenvalue weighted by atomic mass is 16.6. The van der Waals surface area contributed by atoms with Crippen LogP contribution in [0.15, 0.2) is 42.5 Å². The third-order valence-electron chi connectivity index (χ3n) is 5.63. The molecule has 164 valence electrons. The van der Waals surface area contributed by atoms with E-state index in [1.54, 1.807) is 17.0 Å². The Labute approximate surface area is 182 Å². The molecular weight excluding hydrogens is 394 g/mol. The SMILES string of the molecule is CC(C)(C)OC(=O)c1ccc(N2CCC(N3C(=O)OCc4ccccc43)CC2)c(N)c1. The van der Waals surface area contributed by atoms with Crippen LogP contribution in [0.5, 0.6) is 0 Å². The maximum absolute atomic E-state index is 12.5. The van der Waals surface area contributed by atoms with E-state index in [2.05, 4.69) is 4.90 Å². The molecule has 1 fully saturated rings. The zero-order chi connectivity index (χ0) is 22.2. The van der Waals surface area contributed by atoms with Crippen LogP contribution in [0.3, 0.4) is 0 Å². The van der Waals surface area contributed by atoms with Crippen LogP contribution < -0.4 is 15.5 Å². The second kappa shape index (κ2) is 8.13. The van der Waals surface area contributed by atoms with Crippen LogP contribution >= 0.6 is 0 Å². The largest absolute Gasteiger partial charge is 0.456 e. The van der Waals surface area contributed by atoms with Crippen molar-refractivity contribution < 1.29 is 19.1 Å². The van der Waals surface area contributed by atoms with Gasteiger partial charge in [-0.15, -0.1) is 0 Å². The van der Waals surface area contributed by atoms with E-state index in [9.17, 15) is 9.59 Å². The Morgan fingerprint density at radius 2 is 1.81 bits per heavy atom. The Morgan fingerprint density at radius 1 is 1.10 bits per heavy atom. The number of nitrogens with zero attached hydrogens (tertiary/aromatic N) is 2. The molecule has 0 unspecified atom stereocenters. The van der Waals surface area contributed by atoms with Crippen molar-refractivity contribution in [2.24, 2.45) is 0 Å². The fourth-order valence-electron chi connectivity index (χ4n) is 4.19. The number of benzene rings is 2. The first-order chi connectivity index (χ1) is 14.7. The standard InChI is InChI=1S/C24H29N3O4/c1-24(2,3)31-22(28)16-8-9-21(19(25)14-16)26-12-10-18(11-13-26)27-20-7-5-4-6-17(20)15-30-23(27)29/h4-9,14,18H,10-13,15,25H2,1-3H3. The van der Waals surface area contributed by atoms with Gasteiger partial charge in [0, 0.05) is 24.7 Å². The molecule has 0 saturated carbocycles. The van der Waals surface area contributed by atoms with Gasteiger partial charge in [0.15, 0.2) is 0 Å². The molecule has 1 amide bonds. The van der Waals surface area contributed by atoms with Gasteiger partial charge in [0.2, 0.25) is 0 Å².